The van der Waals surface area contributed by atoms with Crippen molar-refractivity contribution in [2.75, 3.05) is 11.1 Å². The minimum atomic E-state index is -0.634. The maximum atomic E-state index is 12.0. The highest BCUT2D eigenvalue weighted by molar-refractivity contribution is 5.91. The Kier molecular flexibility index (Phi) is 4.64. The third-order valence-electron chi connectivity index (χ3n) is 3.06. The van der Waals surface area contributed by atoms with E-state index in [-0.39, 0.29) is 29.7 Å². The molecule has 0 aliphatic rings. The highest BCUT2D eigenvalue weighted by Gasteiger charge is 2.14. The first-order valence-corrected chi connectivity index (χ1v) is 6.49. The van der Waals surface area contributed by atoms with E-state index < -0.39 is 4.92 Å². The van der Waals surface area contributed by atoms with Crippen LogP contribution in [0.2, 0.25) is 0 Å². The molecule has 8 heteroatoms. The second kappa shape index (κ2) is 6.64. The predicted molar refractivity (Wildman–Crippen MR) is 82.0 cm³/mol. The number of nitrogen functional groups attached to an aromatic ring is 1. The van der Waals surface area contributed by atoms with Gasteiger partial charge >= 0.3 is 5.69 Å². The van der Waals surface area contributed by atoms with E-state index in [4.69, 9.17) is 11.5 Å². The van der Waals surface area contributed by atoms with Crippen LogP contribution in [0, 0.1) is 10.1 Å². The van der Waals surface area contributed by atoms with Gasteiger partial charge in [0, 0.05) is 12.6 Å². The van der Waals surface area contributed by atoms with Gasteiger partial charge in [0.1, 0.15) is 5.82 Å². The van der Waals surface area contributed by atoms with Gasteiger partial charge in [0.15, 0.2) is 0 Å². The van der Waals surface area contributed by atoms with Gasteiger partial charge in [-0.2, -0.15) is 0 Å². The summed E-state index contributed by atoms with van der Waals surface area (Å²) >= 11 is 0. The molecule has 5 N–H and O–H groups in total. The summed E-state index contributed by atoms with van der Waals surface area (Å²) in [5, 5.41) is 13.2. The molecule has 0 saturated carbocycles. The van der Waals surface area contributed by atoms with Crippen molar-refractivity contribution in [3.8, 4) is 0 Å². The zero-order valence-electron chi connectivity index (χ0n) is 11.7. The zero-order valence-corrected chi connectivity index (χ0v) is 11.7. The molecule has 0 spiro atoms. The van der Waals surface area contributed by atoms with Crippen molar-refractivity contribution in [3.05, 3.63) is 57.6 Å². The third kappa shape index (κ3) is 3.55. The first kappa shape index (κ1) is 15.4. The average Bonchev–Trinajstić information content (AvgIpc) is 2.47. The summed E-state index contributed by atoms with van der Waals surface area (Å²) in [5.74, 6) is -0.384. The molecule has 2 rings (SSSR count). The molecule has 0 fully saturated rings. The number of nitrogens with two attached hydrogens (primary N) is 2. The molecule has 114 valence electrons. The lowest BCUT2D eigenvalue weighted by Gasteiger charge is -2.08. The fraction of sp³-hybridized carbons (Fsp3) is 0.143. The Bertz CT molecular complexity index is 717. The summed E-state index contributed by atoms with van der Waals surface area (Å²) in [6, 6.07) is 9.88. The van der Waals surface area contributed by atoms with Crippen molar-refractivity contribution >= 4 is 23.2 Å². The molecule has 0 aliphatic carbocycles. The molecule has 0 saturated heterocycles. The smallest absolute Gasteiger partial charge is 0.311 e. The van der Waals surface area contributed by atoms with Gasteiger partial charge in [-0.05, 0) is 17.2 Å². The number of carbonyl (C=O) groups excluding carboxylic acids is 1. The maximum absolute atomic E-state index is 12.0. The monoisotopic (exact) mass is 301 g/mol. The van der Waals surface area contributed by atoms with E-state index in [0.29, 0.717) is 6.54 Å². The van der Waals surface area contributed by atoms with Crippen molar-refractivity contribution in [3.63, 3.8) is 0 Å². The summed E-state index contributed by atoms with van der Waals surface area (Å²) in [6.07, 6.45) is 0.131. The SMILES string of the molecule is NCc1ccccc1CC(=O)Nc1ccc([N+](=O)[O-])c(N)n1. The quantitative estimate of drug-likeness (QED) is 0.560. The Hall–Kier alpha value is -3.00. The van der Waals surface area contributed by atoms with Crippen molar-refractivity contribution in [2.45, 2.75) is 13.0 Å². The number of hydrogen-bond acceptors (Lipinski definition) is 6. The summed E-state index contributed by atoms with van der Waals surface area (Å²) in [5.41, 5.74) is 12.5. The second-order valence-electron chi connectivity index (χ2n) is 4.56. The molecule has 0 bridgehead atoms. The number of amides is 1. The number of rotatable bonds is 5. The first-order chi connectivity index (χ1) is 10.5. The van der Waals surface area contributed by atoms with Crippen LogP contribution >= 0.6 is 0 Å². The number of hydrogen-bond donors (Lipinski definition) is 3. The molecule has 0 aliphatic heterocycles. The molecular weight excluding hydrogens is 286 g/mol. The van der Waals surface area contributed by atoms with Gasteiger partial charge in [-0.25, -0.2) is 4.98 Å². The molecule has 0 radical (unpaired) electrons. The molecule has 1 amide bonds. The van der Waals surface area contributed by atoms with Gasteiger partial charge in [0.2, 0.25) is 11.7 Å². The van der Waals surface area contributed by atoms with Crippen LogP contribution in [0.4, 0.5) is 17.3 Å². The number of benzene rings is 1. The number of nitro groups is 1. The van der Waals surface area contributed by atoms with E-state index in [9.17, 15) is 14.9 Å². The summed E-state index contributed by atoms with van der Waals surface area (Å²) in [4.78, 5) is 25.8. The average molecular weight is 301 g/mol. The van der Waals surface area contributed by atoms with E-state index in [1.807, 2.05) is 24.3 Å². The van der Waals surface area contributed by atoms with E-state index in [1.165, 1.54) is 12.1 Å². The van der Waals surface area contributed by atoms with Gasteiger partial charge in [-0.1, -0.05) is 24.3 Å². The van der Waals surface area contributed by atoms with Crippen molar-refractivity contribution in [1.82, 2.24) is 4.98 Å². The normalized spacial score (nSPS) is 10.2. The van der Waals surface area contributed by atoms with Gasteiger partial charge in [0.05, 0.1) is 11.3 Å². The Balaban J connectivity index is 2.09. The number of nitrogens with zero attached hydrogens (tertiary/aromatic N) is 2. The van der Waals surface area contributed by atoms with Crippen LogP contribution in [-0.4, -0.2) is 15.8 Å². The number of anilines is 2. The maximum Gasteiger partial charge on any atom is 0.311 e. The Labute approximate surface area is 126 Å². The van der Waals surface area contributed by atoms with Crippen LogP contribution in [0.15, 0.2) is 36.4 Å². The molecule has 1 aromatic heterocycles. The van der Waals surface area contributed by atoms with Crippen LogP contribution < -0.4 is 16.8 Å². The van der Waals surface area contributed by atoms with E-state index in [2.05, 4.69) is 10.3 Å². The molecule has 2 aromatic rings. The molecule has 1 heterocycles. The van der Waals surface area contributed by atoms with E-state index >= 15 is 0 Å². The Morgan fingerprint density at radius 1 is 1.23 bits per heavy atom. The van der Waals surface area contributed by atoms with Crippen LogP contribution in [0.1, 0.15) is 11.1 Å². The van der Waals surface area contributed by atoms with Gasteiger partial charge in [0.25, 0.3) is 0 Å². The topological polar surface area (TPSA) is 137 Å². The lowest BCUT2D eigenvalue weighted by Crippen LogP contribution is -2.17. The Morgan fingerprint density at radius 3 is 2.50 bits per heavy atom. The number of aromatic nitrogens is 1. The number of carbonyl (C=O) groups is 1. The molecular formula is C14H15N5O3. The minimum Gasteiger partial charge on any atom is -0.378 e. The lowest BCUT2D eigenvalue weighted by atomic mass is 10.0. The third-order valence-corrected chi connectivity index (χ3v) is 3.06. The molecule has 1 aromatic carbocycles. The molecule has 8 nitrogen and oxygen atoms in total. The fourth-order valence-electron chi connectivity index (χ4n) is 1.98. The van der Waals surface area contributed by atoms with E-state index in [0.717, 1.165) is 11.1 Å². The van der Waals surface area contributed by atoms with E-state index in [1.54, 1.807) is 0 Å². The van der Waals surface area contributed by atoms with Gasteiger partial charge in [-0.15, -0.1) is 0 Å². The first-order valence-electron chi connectivity index (χ1n) is 6.49. The fourth-order valence-corrected chi connectivity index (χ4v) is 1.98. The highest BCUT2D eigenvalue weighted by Crippen LogP contribution is 2.20. The van der Waals surface area contributed by atoms with Crippen molar-refractivity contribution < 1.29 is 9.72 Å². The minimum absolute atomic E-state index is 0.131. The van der Waals surface area contributed by atoms with Crippen LogP contribution in [-0.2, 0) is 17.8 Å². The zero-order chi connectivity index (χ0) is 16.1. The van der Waals surface area contributed by atoms with Crippen LogP contribution in [0.3, 0.4) is 0 Å². The lowest BCUT2D eigenvalue weighted by molar-refractivity contribution is -0.384. The molecule has 0 unspecified atom stereocenters. The van der Waals surface area contributed by atoms with Crippen molar-refractivity contribution in [2.24, 2.45) is 5.73 Å². The molecule has 22 heavy (non-hydrogen) atoms. The number of pyridine rings is 1. The molecule has 0 atom stereocenters. The predicted octanol–water partition coefficient (Wildman–Crippen LogP) is 1.21. The summed E-state index contributed by atoms with van der Waals surface area (Å²) < 4.78 is 0. The van der Waals surface area contributed by atoms with Crippen LogP contribution in [0.5, 0.6) is 0 Å². The summed E-state index contributed by atoms with van der Waals surface area (Å²) in [6.45, 7) is 0.339. The van der Waals surface area contributed by atoms with Gasteiger partial charge < -0.3 is 16.8 Å². The Morgan fingerprint density at radius 2 is 1.91 bits per heavy atom. The largest absolute Gasteiger partial charge is 0.378 e. The van der Waals surface area contributed by atoms with Gasteiger partial charge in [-0.3, -0.25) is 14.9 Å². The standard InChI is InChI=1S/C14H15N5O3/c15-8-10-4-2-1-3-9(10)7-13(20)17-12-6-5-11(19(21)22)14(16)18-12/h1-6H,7-8,15H2,(H3,16,17,18,20). The summed E-state index contributed by atoms with van der Waals surface area (Å²) in [7, 11) is 0. The second-order valence-corrected chi connectivity index (χ2v) is 4.56. The number of nitrogens with one attached hydrogen (secondary N) is 1. The van der Waals surface area contributed by atoms with Crippen molar-refractivity contribution in [1.29, 1.82) is 0 Å². The van der Waals surface area contributed by atoms with Crippen LogP contribution in [0.25, 0.3) is 0 Å². The highest BCUT2D eigenvalue weighted by atomic mass is 16.6.